The van der Waals surface area contributed by atoms with Gasteiger partial charge in [-0.25, -0.2) is 4.79 Å². The number of amides is 2. The van der Waals surface area contributed by atoms with E-state index in [-0.39, 0.29) is 6.03 Å². The van der Waals surface area contributed by atoms with Gasteiger partial charge < -0.3 is 10.6 Å². The molecule has 3 aromatic rings. The number of aromatic nitrogens is 2. The molecule has 0 aliphatic heterocycles. The summed E-state index contributed by atoms with van der Waals surface area (Å²) in [6.45, 7) is 10.7. The summed E-state index contributed by atoms with van der Waals surface area (Å²) in [6, 6.07) is 14.1. The number of nitrogens with zero attached hydrogens (tertiary/aromatic N) is 2. The monoisotopic (exact) mass is 362 g/mol. The van der Waals surface area contributed by atoms with Crippen LogP contribution in [0.15, 0.2) is 42.5 Å². The number of hydrogen-bond donors (Lipinski definition) is 2. The number of rotatable bonds is 4. The molecule has 0 unspecified atom stereocenters. The van der Waals surface area contributed by atoms with Crippen LogP contribution in [0, 0.1) is 34.6 Å². The quantitative estimate of drug-likeness (QED) is 0.677. The Balaban J connectivity index is 1.75. The lowest BCUT2D eigenvalue weighted by Crippen LogP contribution is -2.20. The number of aryl methyl sites for hydroxylation is 4. The van der Waals surface area contributed by atoms with Gasteiger partial charge in [0.2, 0.25) is 0 Å². The van der Waals surface area contributed by atoms with E-state index in [9.17, 15) is 4.79 Å². The van der Waals surface area contributed by atoms with Crippen molar-refractivity contribution in [1.29, 1.82) is 0 Å². The second-order valence-corrected chi connectivity index (χ2v) is 7.09. The molecule has 2 amide bonds. The zero-order valence-corrected chi connectivity index (χ0v) is 16.6. The molecule has 2 aromatic carbocycles. The van der Waals surface area contributed by atoms with Crippen LogP contribution in [0.25, 0.3) is 0 Å². The predicted octanol–water partition coefficient (Wildman–Crippen LogP) is 5.12. The summed E-state index contributed by atoms with van der Waals surface area (Å²) in [7, 11) is 0. The van der Waals surface area contributed by atoms with Crippen molar-refractivity contribution in [2.24, 2.45) is 0 Å². The highest BCUT2D eigenvalue weighted by molar-refractivity contribution is 6.00. The van der Waals surface area contributed by atoms with Crippen molar-refractivity contribution in [3.8, 4) is 0 Å². The van der Waals surface area contributed by atoms with E-state index in [1.54, 1.807) is 0 Å². The van der Waals surface area contributed by atoms with E-state index >= 15 is 0 Å². The van der Waals surface area contributed by atoms with E-state index in [2.05, 4.69) is 40.9 Å². The normalized spacial score (nSPS) is 10.7. The van der Waals surface area contributed by atoms with Gasteiger partial charge in [0.25, 0.3) is 0 Å². The van der Waals surface area contributed by atoms with Crippen LogP contribution in [0.5, 0.6) is 0 Å². The maximum absolute atomic E-state index is 12.5. The lowest BCUT2D eigenvalue weighted by atomic mass is 10.1. The van der Waals surface area contributed by atoms with E-state index in [0.29, 0.717) is 6.54 Å². The molecule has 0 aliphatic carbocycles. The van der Waals surface area contributed by atoms with Crippen molar-refractivity contribution in [2.75, 3.05) is 10.6 Å². The summed E-state index contributed by atoms with van der Waals surface area (Å²) in [5, 5.41) is 10.5. The molecule has 0 fully saturated rings. The largest absolute Gasteiger partial charge is 0.323 e. The highest BCUT2D eigenvalue weighted by Gasteiger charge is 2.15. The van der Waals surface area contributed by atoms with Gasteiger partial charge in [-0.05, 0) is 51.8 Å². The van der Waals surface area contributed by atoms with Gasteiger partial charge in [-0.2, -0.15) is 5.10 Å². The first-order chi connectivity index (χ1) is 12.8. The van der Waals surface area contributed by atoms with Crippen LogP contribution in [0.2, 0.25) is 0 Å². The molecule has 3 rings (SSSR count). The Morgan fingerprint density at radius 2 is 1.70 bits per heavy atom. The van der Waals surface area contributed by atoms with Crippen LogP contribution in [0.1, 0.15) is 33.6 Å². The first-order valence-electron chi connectivity index (χ1n) is 9.08. The first-order valence-corrected chi connectivity index (χ1v) is 9.08. The Hall–Kier alpha value is -3.08. The maximum atomic E-state index is 12.5. The van der Waals surface area contributed by atoms with Gasteiger partial charge >= 0.3 is 6.03 Å². The molecule has 0 saturated heterocycles. The van der Waals surface area contributed by atoms with E-state index < -0.39 is 0 Å². The summed E-state index contributed by atoms with van der Waals surface area (Å²) in [6.07, 6.45) is 0. The minimum absolute atomic E-state index is 0.261. The summed E-state index contributed by atoms with van der Waals surface area (Å²) in [5.41, 5.74) is 7.91. The van der Waals surface area contributed by atoms with Crippen LogP contribution in [0.4, 0.5) is 16.2 Å². The summed E-state index contributed by atoms with van der Waals surface area (Å²) < 4.78 is 1.93. The lowest BCUT2D eigenvalue weighted by molar-refractivity contribution is 0.262. The fourth-order valence-electron chi connectivity index (χ4n) is 3.24. The molecule has 0 spiro atoms. The number of carbonyl (C=O) groups is 1. The standard InChI is InChI=1S/C22H26N4O/c1-14-7-6-8-19(12-14)13-26-18(5)21(17(4)25-26)24-22(27)23-20-10-9-15(2)11-16(20)3/h6-12H,13H2,1-5H3,(H2,23,24,27). The van der Waals surface area contributed by atoms with Crippen molar-refractivity contribution in [3.63, 3.8) is 0 Å². The van der Waals surface area contributed by atoms with Gasteiger partial charge in [0.15, 0.2) is 0 Å². The van der Waals surface area contributed by atoms with Gasteiger partial charge in [0, 0.05) is 5.69 Å². The highest BCUT2D eigenvalue weighted by Crippen LogP contribution is 2.22. The van der Waals surface area contributed by atoms with Crippen molar-refractivity contribution in [3.05, 3.63) is 76.1 Å². The zero-order valence-electron chi connectivity index (χ0n) is 16.6. The predicted molar refractivity (Wildman–Crippen MR) is 111 cm³/mol. The number of anilines is 2. The Kier molecular flexibility index (Phi) is 5.31. The summed E-state index contributed by atoms with van der Waals surface area (Å²) >= 11 is 0. The average Bonchev–Trinajstić information content (AvgIpc) is 2.85. The van der Waals surface area contributed by atoms with Crippen molar-refractivity contribution < 1.29 is 4.79 Å². The minimum Gasteiger partial charge on any atom is -0.307 e. The minimum atomic E-state index is -0.261. The van der Waals surface area contributed by atoms with Crippen LogP contribution in [-0.4, -0.2) is 15.8 Å². The number of urea groups is 1. The molecule has 0 aliphatic rings. The van der Waals surface area contributed by atoms with Gasteiger partial charge in [-0.15, -0.1) is 0 Å². The van der Waals surface area contributed by atoms with Crippen molar-refractivity contribution >= 4 is 17.4 Å². The van der Waals surface area contributed by atoms with Gasteiger partial charge in [0.05, 0.1) is 23.6 Å². The molecule has 27 heavy (non-hydrogen) atoms. The Morgan fingerprint density at radius 3 is 2.41 bits per heavy atom. The third-order valence-electron chi connectivity index (χ3n) is 4.66. The summed E-state index contributed by atoms with van der Waals surface area (Å²) in [5.74, 6) is 0. The summed E-state index contributed by atoms with van der Waals surface area (Å²) in [4.78, 5) is 12.5. The maximum Gasteiger partial charge on any atom is 0.323 e. The Labute approximate surface area is 160 Å². The second kappa shape index (κ2) is 7.66. The van der Waals surface area contributed by atoms with E-state index in [1.165, 1.54) is 16.7 Å². The number of hydrogen-bond acceptors (Lipinski definition) is 2. The molecule has 0 saturated carbocycles. The van der Waals surface area contributed by atoms with Crippen LogP contribution in [0.3, 0.4) is 0 Å². The molecule has 0 radical (unpaired) electrons. The molecule has 5 heteroatoms. The fourth-order valence-corrected chi connectivity index (χ4v) is 3.24. The molecular formula is C22H26N4O. The number of benzene rings is 2. The van der Waals surface area contributed by atoms with E-state index in [0.717, 1.165) is 28.3 Å². The molecule has 140 valence electrons. The number of nitrogens with one attached hydrogen (secondary N) is 2. The molecule has 5 nitrogen and oxygen atoms in total. The van der Waals surface area contributed by atoms with E-state index in [1.807, 2.05) is 56.6 Å². The third kappa shape index (κ3) is 4.37. The second-order valence-electron chi connectivity index (χ2n) is 7.09. The smallest absolute Gasteiger partial charge is 0.307 e. The highest BCUT2D eigenvalue weighted by atomic mass is 16.2. The molecule has 0 atom stereocenters. The molecule has 1 aromatic heterocycles. The van der Waals surface area contributed by atoms with Crippen LogP contribution >= 0.6 is 0 Å². The lowest BCUT2D eigenvalue weighted by Gasteiger charge is -2.11. The first kappa shape index (κ1) is 18.7. The van der Waals surface area contributed by atoms with E-state index in [4.69, 9.17) is 0 Å². The molecular weight excluding hydrogens is 336 g/mol. The van der Waals surface area contributed by atoms with Crippen LogP contribution < -0.4 is 10.6 Å². The Morgan fingerprint density at radius 1 is 0.963 bits per heavy atom. The average molecular weight is 362 g/mol. The van der Waals surface area contributed by atoms with Crippen molar-refractivity contribution in [1.82, 2.24) is 9.78 Å². The molecule has 0 bridgehead atoms. The van der Waals surface area contributed by atoms with Crippen LogP contribution in [-0.2, 0) is 6.54 Å². The third-order valence-corrected chi connectivity index (χ3v) is 4.66. The zero-order chi connectivity index (χ0) is 19.6. The Bertz CT molecular complexity index is 988. The number of carbonyl (C=O) groups excluding carboxylic acids is 1. The topological polar surface area (TPSA) is 59.0 Å². The SMILES string of the molecule is Cc1cccc(Cn2nc(C)c(NC(=O)Nc3ccc(C)cc3C)c2C)c1. The molecule has 2 N–H and O–H groups in total. The molecule has 1 heterocycles. The van der Waals surface area contributed by atoms with Gasteiger partial charge in [0.1, 0.15) is 0 Å². The van der Waals surface area contributed by atoms with Gasteiger partial charge in [-0.1, -0.05) is 47.5 Å². The van der Waals surface area contributed by atoms with Gasteiger partial charge in [-0.3, -0.25) is 4.68 Å². The fraction of sp³-hybridized carbons (Fsp3) is 0.273. The van der Waals surface area contributed by atoms with Crippen molar-refractivity contribution in [2.45, 2.75) is 41.2 Å².